The van der Waals surface area contributed by atoms with E-state index >= 15 is 0 Å². The molecule has 0 N–H and O–H groups in total. The van der Waals surface area contributed by atoms with Gasteiger partial charge < -0.3 is 6.42 Å². The fraction of sp³-hybridized carbons (Fsp3) is 0.865. The number of hydrogen-bond donors (Lipinski definition) is 0. The fourth-order valence-electron chi connectivity index (χ4n) is 9.36. The SMILES string of the molecule is C1=CC2[CH-]C3CCCCC3C2C=C1.ClN(C1CCCCC1)C1CCCCC1.ClN(C1CCCCC1)C1CCCCC1.[Ti]. The fourth-order valence-corrected chi connectivity index (χ4v) is 10.1. The summed E-state index contributed by atoms with van der Waals surface area (Å²) in [6, 6.07) is 2.75. The molecule has 0 aromatic carbocycles. The van der Waals surface area contributed by atoms with Gasteiger partial charge in [-0.25, -0.2) is 8.84 Å². The Morgan fingerprint density at radius 1 is 0.452 bits per heavy atom. The monoisotopic (exact) mass is 651 g/mol. The van der Waals surface area contributed by atoms with Crippen LogP contribution < -0.4 is 0 Å². The van der Waals surface area contributed by atoms with Gasteiger partial charge in [0.2, 0.25) is 0 Å². The molecule has 0 spiro atoms. The second-order valence-electron chi connectivity index (χ2n) is 14.6. The molecule has 2 nitrogen and oxygen atoms in total. The largest absolute Gasteiger partial charge is 0.318 e. The van der Waals surface area contributed by atoms with Crippen LogP contribution in [-0.4, -0.2) is 33.0 Å². The van der Waals surface area contributed by atoms with Gasteiger partial charge in [0.05, 0.1) is 0 Å². The first-order chi connectivity index (χ1) is 20.2. The zero-order valence-corrected chi connectivity index (χ0v) is 29.7. The van der Waals surface area contributed by atoms with Gasteiger partial charge >= 0.3 is 0 Å². The summed E-state index contributed by atoms with van der Waals surface area (Å²) in [6.07, 6.45) is 45.2. The van der Waals surface area contributed by atoms with Crippen molar-refractivity contribution >= 4 is 23.6 Å². The van der Waals surface area contributed by atoms with Gasteiger partial charge in [-0.15, -0.1) is 12.0 Å². The van der Waals surface area contributed by atoms with Gasteiger partial charge in [0, 0.05) is 45.9 Å². The number of fused-ring (bicyclic) bond motifs is 3. The molecule has 0 aromatic rings. The zero-order chi connectivity index (χ0) is 28.3. The minimum atomic E-state index is 0. The van der Waals surface area contributed by atoms with Gasteiger partial charge in [0.25, 0.3) is 0 Å². The minimum absolute atomic E-state index is 0. The van der Waals surface area contributed by atoms with Gasteiger partial charge in [0.15, 0.2) is 0 Å². The summed E-state index contributed by atoms with van der Waals surface area (Å²) in [4.78, 5) is 0. The molecule has 6 saturated carbocycles. The third-order valence-electron chi connectivity index (χ3n) is 11.8. The van der Waals surface area contributed by atoms with Crippen molar-refractivity contribution in [2.75, 3.05) is 0 Å². The molecule has 4 unspecified atom stereocenters. The van der Waals surface area contributed by atoms with Crippen LogP contribution in [0, 0.1) is 30.1 Å². The van der Waals surface area contributed by atoms with E-state index in [9.17, 15) is 0 Å². The van der Waals surface area contributed by atoms with E-state index in [0.29, 0.717) is 24.2 Å². The molecular formula is C37H61Cl2N2Ti-. The van der Waals surface area contributed by atoms with Crippen molar-refractivity contribution in [3.63, 3.8) is 0 Å². The molecule has 5 heteroatoms. The molecule has 7 aliphatic carbocycles. The van der Waals surface area contributed by atoms with Crippen molar-refractivity contribution in [3.05, 3.63) is 30.7 Å². The third-order valence-corrected chi connectivity index (χ3v) is 12.9. The van der Waals surface area contributed by atoms with E-state index in [2.05, 4.69) is 39.6 Å². The third kappa shape index (κ3) is 10.4. The van der Waals surface area contributed by atoms with Crippen LogP contribution in [0.3, 0.4) is 0 Å². The molecule has 7 rings (SSSR count). The number of nitrogens with zero attached hydrogens (tertiary/aromatic N) is 2. The summed E-state index contributed by atoms with van der Waals surface area (Å²) < 4.78 is 4.39. The summed E-state index contributed by atoms with van der Waals surface area (Å²) in [7, 11) is 0. The molecule has 0 heterocycles. The maximum Gasteiger partial charge on any atom is 0.0254 e. The van der Waals surface area contributed by atoms with E-state index in [1.807, 2.05) is 0 Å². The van der Waals surface area contributed by atoms with Crippen LogP contribution in [0.15, 0.2) is 24.3 Å². The van der Waals surface area contributed by atoms with Gasteiger partial charge in [0.1, 0.15) is 0 Å². The predicted molar refractivity (Wildman–Crippen MR) is 178 cm³/mol. The first-order valence-corrected chi connectivity index (χ1v) is 19.0. The number of hydrogen-bond acceptors (Lipinski definition) is 2. The molecular weight excluding hydrogens is 591 g/mol. The van der Waals surface area contributed by atoms with Crippen molar-refractivity contribution in [2.45, 2.75) is 178 Å². The molecule has 0 aliphatic heterocycles. The van der Waals surface area contributed by atoms with Crippen LogP contribution in [0.1, 0.15) is 154 Å². The van der Waals surface area contributed by atoms with E-state index in [0.717, 1.165) is 23.7 Å². The quantitative estimate of drug-likeness (QED) is 0.169. The van der Waals surface area contributed by atoms with Gasteiger partial charge in [-0.05, 0) is 80.8 Å². The van der Waals surface area contributed by atoms with Crippen LogP contribution in [-0.2, 0) is 21.7 Å². The van der Waals surface area contributed by atoms with E-state index in [-0.39, 0.29) is 21.7 Å². The molecule has 4 atom stereocenters. The summed E-state index contributed by atoms with van der Waals surface area (Å²) in [5.41, 5.74) is 0. The second kappa shape index (κ2) is 19.4. The van der Waals surface area contributed by atoms with Gasteiger partial charge in [-0.2, -0.15) is 5.92 Å². The van der Waals surface area contributed by atoms with E-state index in [1.165, 1.54) is 154 Å². The molecule has 6 fully saturated rings. The maximum absolute atomic E-state index is 6.47. The van der Waals surface area contributed by atoms with Gasteiger partial charge in [-0.3, -0.25) is 0 Å². The van der Waals surface area contributed by atoms with E-state index in [4.69, 9.17) is 23.6 Å². The molecule has 0 aromatic heterocycles. The standard InChI is InChI=1S/C13H17.2C12H22ClN.Ti/c1-3-7-12-10(5-1)9-11-6-2-4-8-13(11)12;2*13-14(11-7-3-1-4-8-11)12-9-5-2-6-10-12;/h1,3,5,7,9-13H,2,4,6,8H2;2*11-12H,1-10H2;/q-1;;;. The maximum atomic E-state index is 6.47. The Morgan fingerprint density at radius 3 is 1.24 bits per heavy atom. The number of halogens is 2. The summed E-state index contributed by atoms with van der Waals surface area (Å²) in [5, 5.41) is 0. The Bertz CT molecular complexity index is 707. The molecule has 42 heavy (non-hydrogen) atoms. The van der Waals surface area contributed by atoms with Crippen LogP contribution >= 0.6 is 23.6 Å². The molecule has 238 valence electrons. The van der Waals surface area contributed by atoms with Crippen LogP contribution in [0.25, 0.3) is 0 Å². The Balaban J connectivity index is 0.000000143. The molecule has 7 aliphatic rings. The van der Waals surface area contributed by atoms with Crippen LogP contribution in [0.4, 0.5) is 0 Å². The summed E-state index contributed by atoms with van der Waals surface area (Å²) in [5.74, 6) is 3.56. The van der Waals surface area contributed by atoms with Crippen molar-refractivity contribution in [2.24, 2.45) is 23.7 Å². The zero-order valence-electron chi connectivity index (χ0n) is 26.6. The normalized spacial score (nSPS) is 32.7. The molecule has 0 saturated heterocycles. The molecule has 0 bridgehead atoms. The Hall–Kier alpha value is 0.694. The number of rotatable bonds is 4. The van der Waals surface area contributed by atoms with Crippen molar-refractivity contribution < 1.29 is 21.7 Å². The van der Waals surface area contributed by atoms with Crippen molar-refractivity contribution in [1.82, 2.24) is 8.84 Å². The average molecular weight is 653 g/mol. The van der Waals surface area contributed by atoms with Crippen LogP contribution in [0.2, 0.25) is 0 Å². The van der Waals surface area contributed by atoms with E-state index in [1.54, 1.807) is 0 Å². The Labute approximate surface area is 285 Å². The smallest absolute Gasteiger partial charge is 0.0254 e. The van der Waals surface area contributed by atoms with Crippen LogP contribution in [0.5, 0.6) is 0 Å². The topological polar surface area (TPSA) is 6.48 Å². The van der Waals surface area contributed by atoms with Gasteiger partial charge in [-0.1, -0.05) is 127 Å². The summed E-state index contributed by atoms with van der Waals surface area (Å²) >= 11 is 12.9. The Morgan fingerprint density at radius 2 is 0.810 bits per heavy atom. The first-order valence-electron chi connectivity index (χ1n) is 18.3. The van der Waals surface area contributed by atoms with Crippen molar-refractivity contribution in [1.29, 1.82) is 0 Å². The molecule has 0 radical (unpaired) electrons. The Kier molecular flexibility index (Phi) is 16.4. The van der Waals surface area contributed by atoms with Crippen molar-refractivity contribution in [3.8, 4) is 0 Å². The minimum Gasteiger partial charge on any atom is -0.318 e. The predicted octanol–water partition coefficient (Wildman–Crippen LogP) is 11.6. The second-order valence-corrected chi connectivity index (χ2v) is 15.4. The first kappa shape index (κ1) is 35.5. The number of allylic oxidation sites excluding steroid dienone is 4. The molecule has 0 amide bonds. The average Bonchev–Trinajstić information content (AvgIpc) is 3.45. The van der Waals surface area contributed by atoms with E-state index < -0.39 is 0 Å². The summed E-state index contributed by atoms with van der Waals surface area (Å²) in [6.45, 7) is 0.